The highest BCUT2D eigenvalue weighted by molar-refractivity contribution is 5.67. The lowest BCUT2D eigenvalue weighted by atomic mass is 9.80. The van der Waals surface area contributed by atoms with Gasteiger partial charge in [-0.2, -0.15) is 0 Å². The summed E-state index contributed by atoms with van der Waals surface area (Å²) in [4.78, 5) is 13.1. The summed E-state index contributed by atoms with van der Waals surface area (Å²) in [6.45, 7) is 5.05. The Kier molecular flexibility index (Phi) is 3.78. The molecular formula is C15H20FNO2. The highest BCUT2D eigenvalue weighted by atomic mass is 19.1. The zero-order valence-corrected chi connectivity index (χ0v) is 11.4. The van der Waals surface area contributed by atoms with Gasteiger partial charge in [-0.25, -0.2) is 4.39 Å². The SMILES string of the molecule is CC1(C)CC(CC(=O)O)CCN1c1ccc(F)cc1. The van der Waals surface area contributed by atoms with Gasteiger partial charge in [-0.1, -0.05) is 0 Å². The molecule has 1 aromatic carbocycles. The van der Waals surface area contributed by atoms with Gasteiger partial charge in [0.05, 0.1) is 0 Å². The second-order valence-electron chi connectivity index (χ2n) is 5.90. The van der Waals surface area contributed by atoms with E-state index in [-0.39, 0.29) is 23.7 Å². The van der Waals surface area contributed by atoms with Gasteiger partial charge in [0.25, 0.3) is 0 Å². The van der Waals surface area contributed by atoms with Gasteiger partial charge < -0.3 is 10.0 Å². The van der Waals surface area contributed by atoms with Crippen LogP contribution in [0.5, 0.6) is 0 Å². The van der Waals surface area contributed by atoms with Crippen LogP contribution in [0.1, 0.15) is 33.1 Å². The minimum Gasteiger partial charge on any atom is -0.481 e. The molecule has 2 rings (SSSR count). The summed E-state index contributed by atoms with van der Waals surface area (Å²) < 4.78 is 13.0. The molecule has 1 unspecified atom stereocenters. The number of carboxylic acids is 1. The van der Waals surface area contributed by atoms with Crippen molar-refractivity contribution in [1.29, 1.82) is 0 Å². The molecule has 0 amide bonds. The van der Waals surface area contributed by atoms with E-state index < -0.39 is 5.97 Å². The lowest BCUT2D eigenvalue weighted by Crippen LogP contribution is -2.50. The Hall–Kier alpha value is -1.58. The Bertz CT molecular complexity index is 456. The second-order valence-corrected chi connectivity index (χ2v) is 5.90. The van der Waals surface area contributed by atoms with Crippen LogP contribution in [0.15, 0.2) is 24.3 Å². The van der Waals surface area contributed by atoms with Gasteiger partial charge in [0.2, 0.25) is 0 Å². The molecule has 1 fully saturated rings. The van der Waals surface area contributed by atoms with E-state index in [9.17, 15) is 9.18 Å². The highest BCUT2D eigenvalue weighted by Crippen LogP contribution is 2.36. The molecule has 19 heavy (non-hydrogen) atoms. The van der Waals surface area contributed by atoms with Crippen molar-refractivity contribution in [3.05, 3.63) is 30.1 Å². The zero-order valence-electron chi connectivity index (χ0n) is 11.4. The van der Waals surface area contributed by atoms with Crippen molar-refractivity contribution in [2.24, 2.45) is 5.92 Å². The first-order valence-corrected chi connectivity index (χ1v) is 6.63. The van der Waals surface area contributed by atoms with Gasteiger partial charge in [0.15, 0.2) is 0 Å². The molecule has 0 spiro atoms. The highest BCUT2D eigenvalue weighted by Gasteiger charge is 2.35. The van der Waals surface area contributed by atoms with Gasteiger partial charge in [0.1, 0.15) is 5.82 Å². The first-order chi connectivity index (χ1) is 8.88. The number of piperidine rings is 1. The zero-order chi connectivity index (χ0) is 14.0. The predicted octanol–water partition coefficient (Wildman–Crippen LogP) is 3.30. The van der Waals surface area contributed by atoms with E-state index >= 15 is 0 Å². The number of halogens is 1. The summed E-state index contributed by atoms with van der Waals surface area (Å²) >= 11 is 0. The predicted molar refractivity (Wildman–Crippen MR) is 72.8 cm³/mol. The molecule has 0 bridgehead atoms. The number of benzene rings is 1. The Morgan fingerprint density at radius 3 is 2.58 bits per heavy atom. The Morgan fingerprint density at radius 1 is 1.42 bits per heavy atom. The van der Waals surface area contributed by atoms with Crippen LogP contribution in [0.25, 0.3) is 0 Å². The fraction of sp³-hybridized carbons (Fsp3) is 0.533. The molecule has 3 nitrogen and oxygen atoms in total. The Labute approximate surface area is 113 Å². The lowest BCUT2D eigenvalue weighted by Gasteiger charge is -2.47. The summed E-state index contributed by atoms with van der Waals surface area (Å²) in [7, 11) is 0. The Morgan fingerprint density at radius 2 is 2.05 bits per heavy atom. The maximum Gasteiger partial charge on any atom is 0.303 e. The van der Waals surface area contributed by atoms with Crippen LogP contribution in [0.3, 0.4) is 0 Å². The average Bonchev–Trinajstić information content (AvgIpc) is 2.29. The summed E-state index contributed by atoms with van der Waals surface area (Å²) in [5.41, 5.74) is 0.899. The molecule has 1 aromatic rings. The summed E-state index contributed by atoms with van der Waals surface area (Å²) in [6.07, 6.45) is 1.95. The summed E-state index contributed by atoms with van der Waals surface area (Å²) in [5, 5.41) is 8.89. The Balaban J connectivity index is 2.12. The van der Waals surface area contributed by atoms with Crippen molar-refractivity contribution in [3.63, 3.8) is 0 Å². The molecule has 0 aliphatic carbocycles. The van der Waals surface area contributed by atoms with Crippen molar-refractivity contribution in [2.45, 2.75) is 38.6 Å². The van der Waals surface area contributed by atoms with Gasteiger partial charge in [-0.3, -0.25) is 4.79 Å². The van der Waals surface area contributed by atoms with E-state index in [4.69, 9.17) is 5.11 Å². The third kappa shape index (κ3) is 3.25. The van der Waals surface area contributed by atoms with E-state index in [1.165, 1.54) is 12.1 Å². The molecular weight excluding hydrogens is 245 g/mol. The number of nitrogens with zero attached hydrogens (tertiary/aromatic N) is 1. The van der Waals surface area contributed by atoms with Crippen LogP contribution in [-0.4, -0.2) is 23.2 Å². The minimum atomic E-state index is -0.726. The second kappa shape index (κ2) is 5.19. The largest absolute Gasteiger partial charge is 0.481 e. The number of anilines is 1. The molecule has 0 saturated carbocycles. The topological polar surface area (TPSA) is 40.5 Å². The van der Waals surface area contributed by atoms with Crippen molar-refractivity contribution < 1.29 is 14.3 Å². The van der Waals surface area contributed by atoms with Crippen molar-refractivity contribution in [3.8, 4) is 0 Å². The van der Waals surface area contributed by atoms with Gasteiger partial charge in [-0.05, 0) is 56.9 Å². The maximum absolute atomic E-state index is 13.0. The van der Waals surface area contributed by atoms with E-state index in [1.807, 2.05) is 0 Å². The molecule has 0 radical (unpaired) electrons. The van der Waals surface area contributed by atoms with E-state index in [0.717, 1.165) is 25.1 Å². The number of carboxylic acid groups (broad SMARTS) is 1. The van der Waals surface area contributed by atoms with E-state index in [0.29, 0.717) is 0 Å². The number of aliphatic carboxylic acids is 1. The molecule has 1 aliphatic rings. The molecule has 104 valence electrons. The van der Waals surface area contributed by atoms with E-state index in [2.05, 4.69) is 18.7 Å². The molecule has 1 saturated heterocycles. The molecule has 1 atom stereocenters. The molecule has 0 aromatic heterocycles. The fourth-order valence-electron chi connectivity index (χ4n) is 3.05. The smallest absolute Gasteiger partial charge is 0.303 e. The third-order valence-electron chi connectivity index (χ3n) is 3.88. The van der Waals surface area contributed by atoms with Crippen LogP contribution in [0.2, 0.25) is 0 Å². The van der Waals surface area contributed by atoms with Crippen molar-refractivity contribution in [2.75, 3.05) is 11.4 Å². The summed E-state index contributed by atoms with van der Waals surface area (Å²) in [6, 6.07) is 6.51. The first kappa shape index (κ1) is 13.8. The van der Waals surface area contributed by atoms with E-state index in [1.54, 1.807) is 12.1 Å². The van der Waals surface area contributed by atoms with Crippen molar-refractivity contribution in [1.82, 2.24) is 0 Å². The van der Waals surface area contributed by atoms with Crippen LogP contribution >= 0.6 is 0 Å². The molecule has 1 N–H and O–H groups in total. The monoisotopic (exact) mass is 265 g/mol. The van der Waals surface area contributed by atoms with Crippen LogP contribution in [0, 0.1) is 11.7 Å². The third-order valence-corrected chi connectivity index (χ3v) is 3.88. The van der Waals surface area contributed by atoms with Crippen molar-refractivity contribution >= 4 is 11.7 Å². The lowest BCUT2D eigenvalue weighted by molar-refractivity contribution is -0.138. The number of hydrogen-bond acceptors (Lipinski definition) is 2. The quantitative estimate of drug-likeness (QED) is 0.911. The van der Waals surface area contributed by atoms with Gasteiger partial charge >= 0.3 is 5.97 Å². The normalized spacial score (nSPS) is 22.3. The van der Waals surface area contributed by atoms with Gasteiger partial charge in [0, 0.05) is 24.2 Å². The maximum atomic E-state index is 13.0. The number of rotatable bonds is 3. The molecule has 4 heteroatoms. The standard InChI is InChI=1S/C15H20FNO2/c1-15(2)10-11(9-14(18)19)7-8-17(15)13-5-3-12(16)4-6-13/h3-6,11H,7-10H2,1-2H3,(H,18,19). The van der Waals surface area contributed by atoms with Gasteiger partial charge in [-0.15, -0.1) is 0 Å². The van der Waals surface area contributed by atoms with Crippen LogP contribution in [0.4, 0.5) is 10.1 Å². The van der Waals surface area contributed by atoms with Crippen LogP contribution < -0.4 is 4.90 Å². The minimum absolute atomic E-state index is 0.101. The summed E-state index contributed by atoms with van der Waals surface area (Å²) in [5.74, 6) is -0.734. The van der Waals surface area contributed by atoms with Crippen LogP contribution in [-0.2, 0) is 4.79 Å². The number of hydrogen-bond donors (Lipinski definition) is 1. The fourth-order valence-corrected chi connectivity index (χ4v) is 3.05. The molecule has 1 aliphatic heterocycles. The first-order valence-electron chi connectivity index (χ1n) is 6.63. The number of carbonyl (C=O) groups is 1. The average molecular weight is 265 g/mol. The molecule has 1 heterocycles.